The first kappa shape index (κ1) is 11.0. The van der Waals surface area contributed by atoms with Gasteiger partial charge in [-0.05, 0) is 46.1 Å². The molecule has 0 rings (SSSR count). The summed E-state index contributed by atoms with van der Waals surface area (Å²) in [5, 5.41) is 3.48. The zero-order chi connectivity index (χ0) is 8.91. The molecule has 0 unspecified atom stereocenters. The average molecular weight is 157 g/mol. The molecule has 11 heavy (non-hydrogen) atoms. The number of rotatable bonds is 4. The Labute approximate surface area is 71.6 Å². The van der Waals surface area contributed by atoms with E-state index >= 15 is 0 Å². The first-order valence-corrected chi connectivity index (χ1v) is 4.67. The van der Waals surface area contributed by atoms with Crippen LogP contribution in [0.15, 0.2) is 0 Å². The summed E-state index contributed by atoms with van der Waals surface area (Å²) in [6.45, 7) is 12.3. The van der Waals surface area contributed by atoms with Crippen LogP contribution in [0.1, 0.15) is 47.5 Å². The maximum absolute atomic E-state index is 3.48. The number of nitrogens with one attached hydrogen (secondary N) is 1. The van der Waals surface area contributed by atoms with E-state index in [9.17, 15) is 0 Å². The summed E-state index contributed by atoms with van der Waals surface area (Å²) in [6, 6.07) is 0. The van der Waals surface area contributed by atoms with Crippen molar-refractivity contribution in [3.8, 4) is 0 Å². The predicted molar refractivity (Wildman–Crippen MR) is 51.8 cm³/mol. The summed E-state index contributed by atoms with van der Waals surface area (Å²) < 4.78 is 0. The summed E-state index contributed by atoms with van der Waals surface area (Å²) in [7, 11) is 0. The van der Waals surface area contributed by atoms with E-state index in [4.69, 9.17) is 0 Å². The van der Waals surface area contributed by atoms with Gasteiger partial charge in [0.2, 0.25) is 0 Å². The SMILES string of the molecule is CC(C)CCCNC(C)(C)C. The van der Waals surface area contributed by atoms with Gasteiger partial charge in [-0.3, -0.25) is 0 Å². The van der Waals surface area contributed by atoms with Crippen LogP contribution in [-0.4, -0.2) is 12.1 Å². The molecule has 0 radical (unpaired) electrons. The fourth-order valence-electron chi connectivity index (χ4n) is 0.974. The van der Waals surface area contributed by atoms with Crippen molar-refractivity contribution in [3.63, 3.8) is 0 Å². The van der Waals surface area contributed by atoms with Crippen molar-refractivity contribution in [2.75, 3.05) is 6.54 Å². The first-order chi connectivity index (χ1) is 4.92. The molecular weight excluding hydrogens is 134 g/mol. The van der Waals surface area contributed by atoms with Gasteiger partial charge in [-0.15, -0.1) is 0 Å². The van der Waals surface area contributed by atoms with E-state index < -0.39 is 0 Å². The monoisotopic (exact) mass is 157 g/mol. The van der Waals surface area contributed by atoms with Crippen molar-refractivity contribution in [1.29, 1.82) is 0 Å². The van der Waals surface area contributed by atoms with Crippen molar-refractivity contribution in [3.05, 3.63) is 0 Å². The molecule has 0 bridgehead atoms. The van der Waals surface area contributed by atoms with Crippen LogP contribution in [-0.2, 0) is 0 Å². The summed E-state index contributed by atoms with van der Waals surface area (Å²) in [5.74, 6) is 0.844. The third-order valence-electron chi connectivity index (χ3n) is 1.61. The van der Waals surface area contributed by atoms with Gasteiger partial charge in [0.25, 0.3) is 0 Å². The molecule has 0 aliphatic heterocycles. The van der Waals surface area contributed by atoms with Gasteiger partial charge in [0, 0.05) is 5.54 Å². The molecule has 0 spiro atoms. The molecule has 0 aliphatic carbocycles. The number of hydrogen-bond acceptors (Lipinski definition) is 1. The average Bonchev–Trinajstić information content (AvgIpc) is 1.78. The lowest BCUT2D eigenvalue weighted by Crippen LogP contribution is -2.36. The third kappa shape index (κ3) is 9.96. The normalized spacial score (nSPS) is 12.5. The van der Waals surface area contributed by atoms with E-state index in [1.165, 1.54) is 12.8 Å². The van der Waals surface area contributed by atoms with Crippen LogP contribution in [0.2, 0.25) is 0 Å². The van der Waals surface area contributed by atoms with Crippen LogP contribution in [0.5, 0.6) is 0 Å². The Morgan fingerprint density at radius 1 is 1.18 bits per heavy atom. The van der Waals surface area contributed by atoms with Gasteiger partial charge in [0.15, 0.2) is 0 Å². The van der Waals surface area contributed by atoms with E-state index in [0.717, 1.165) is 12.5 Å². The van der Waals surface area contributed by atoms with Crippen LogP contribution < -0.4 is 5.32 Å². The van der Waals surface area contributed by atoms with Crippen LogP contribution in [0.3, 0.4) is 0 Å². The van der Waals surface area contributed by atoms with Crippen molar-refractivity contribution < 1.29 is 0 Å². The van der Waals surface area contributed by atoms with Gasteiger partial charge < -0.3 is 5.32 Å². The summed E-state index contributed by atoms with van der Waals surface area (Å²) in [6.07, 6.45) is 2.64. The minimum atomic E-state index is 0.289. The van der Waals surface area contributed by atoms with Crippen molar-refractivity contribution in [2.45, 2.75) is 53.0 Å². The van der Waals surface area contributed by atoms with E-state index in [1.807, 2.05) is 0 Å². The Morgan fingerprint density at radius 3 is 2.09 bits per heavy atom. The minimum absolute atomic E-state index is 0.289. The highest BCUT2D eigenvalue weighted by Crippen LogP contribution is 2.04. The fourth-order valence-corrected chi connectivity index (χ4v) is 0.974. The highest BCUT2D eigenvalue weighted by molar-refractivity contribution is 4.69. The maximum atomic E-state index is 3.48. The van der Waals surface area contributed by atoms with Gasteiger partial charge in [-0.25, -0.2) is 0 Å². The first-order valence-electron chi connectivity index (χ1n) is 4.67. The van der Waals surface area contributed by atoms with Crippen LogP contribution in [0.4, 0.5) is 0 Å². The lowest BCUT2D eigenvalue weighted by Gasteiger charge is -2.20. The van der Waals surface area contributed by atoms with Gasteiger partial charge in [-0.2, -0.15) is 0 Å². The molecule has 0 atom stereocenters. The Morgan fingerprint density at radius 2 is 1.73 bits per heavy atom. The highest BCUT2D eigenvalue weighted by atomic mass is 14.9. The quantitative estimate of drug-likeness (QED) is 0.619. The van der Waals surface area contributed by atoms with E-state index in [1.54, 1.807) is 0 Å². The van der Waals surface area contributed by atoms with Gasteiger partial charge in [0.1, 0.15) is 0 Å². The standard InChI is InChI=1S/C10H23N/c1-9(2)7-6-8-11-10(3,4)5/h9,11H,6-8H2,1-5H3. The zero-order valence-corrected chi connectivity index (χ0v) is 8.70. The summed E-state index contributed by atoms with van der Waals surface area (Å²) in [4.78, 5) is 0. The topological polar surface area (TPSA) is 12.0 Å². The van der Waals surface area contributed by atoms with Crippen LogP contribution in [0, 0.1) is 5.92 Å². The molecule has 0 saturated heterocycles. The second-order valence-corrected chi connectivity index (χ2v) is 4.71. The van der Waals surface area contributed by atoms with E-state index in [-0.39, 0.29) is 5.54 Å². The van der Waals surface area contributed by atoms with E-state index in [2.05, 4.69) is 39.9 Å². The van der Waals surface area contributed by atoms with Crippen LogP contribution >= 0.6 is 0 Å². The molecular formula is C10H23N. The Bertz CT molecular complexity index is 89.5. The van der Waals surface area contributed by atoms with Gasteiger partial charge >= 0.3 is 0 Å². The molecule has 68 valence electrons. The molecule has 0 aliphatic rings. The Kier molecular flexibility index (Phi) is 4.74. The molecule has 0 fully saturated rings. The smallest absolute Gasteiger partial charge is 0.00965 e. The zero-order valence-electron chi connectivity index (χ0n) is 8.70. The molecule has 1 heteroatoms. The van der Waals surface area contributed by atoms with Gasteiger partial charge in [-0.1, -0.05) is 13.8 Å². The maximum Gasteiger partial charge on any atom is 0.00965 e. The predicted octanol–water partition coefficient (Wildman–Crippen LogP) is 2.81. The molecule has 0 aromatic heterocycles. The Balaban J connectivity index is 3.15. The van der Waals surface area contributed by atoms with E-state index in [0.29, 0.717) is 0 Å². The molecule has 0 aromatic rings. The second-order valence-electron chi connectivity index (χ2n) is 4.71. The van der Waals surface area contributed by atoms with Crippen LogP contribution in [0.25, 0.3) is 0 Å². The largest absolute Gasteiger partial charge is 0.312 e. The molecule has 1 nitrogen and oxygen atoms in total. The van der Waals surface area contributed by atoms with Crippen molar-refractivity contribution in [1.82, 2.24) is 5.32 Å². The summed E-state index contributed by atoms with van der Waals surface area (Å²) in [5.41, 5.74) is 0.289. The van der Waals surface area contributed by atoms with Crippen molar-refractivity contribution in [2.24, 2.45) is 5.92 Å². The fraction of sp³-hybridized carbons (Fsp3) is 1.00. The van der Waals surface area contributed by atoms with Gasteiger partial charge in [0.05, 0.1) is 0 Å². The summed E-state index contributed by atoms with van der Waals surface area (Å²) >= 11 is 0. The number of hydrogen-bond donors (Lipinski definition) is 1. The lowest BCUT2D eigenvalue weighted by atomic mass is 10.1. The Hall–Kier alpha value is -0.0400. The molecule has 0 heterocycles. The molecule has 0 amide bonds. The molecule has 0 saturated carbocycles. The lowest BCUT2D eigenvalue weighted by molar-refractivity contribution is 0.407. The highest BCUT2D eigenvalue weighted by Gasteiger charge is 2.06. The molecule has 1 N–H and O–H groups in total. The molecule has 0 aromatic carbocycles. The third-order valence-corrected chi connectivity index (χ3v) is 1.61. The second kappa shape index (κ2) is 4.76. The minimum Gasteiger partial charge on any atom is -0.312 e. The van der Waals surface area contributed by atoms with Crippen molar-refractivity contribution >= 4 is 0 Å².